The lowest BCUT2D eigenvalue weighted by molar-refractivity contribution is -0.138. The van der Waals surface area contributed by atoms with Crippen molar-refractivity contribution in [2.75, 3.05) is 25.2 Å². The number of likely N-dealkylation sites (N-methyl/N-ethyl adjacent to an activating group) is 1. The summed E-state index contributed by atoms with van der Waals surface area (Å²) in [7, 11) is 1.64. The second kappa shape index (κ2) is 12.9. The highest BCUT2D eigenvalue weighted by Crippen LogP contribution is 2.26. The highest BCUT2D eigenvalue weighted by Gasteiger charge is 2.20. The maximum absolute atomic E-state index is 13.1. The molecule has 0 aliphatic carbocycles. The Kier molecular flexibility index (Phi) is 9.29. The first-order chi connectivity index (χ1) is 16.7. The van der Waals surface area contributed by atoms with Crippen LogP contribution in [0.1, 0.15) is 25.0 Å². The van der Waals surface area contributed by atoms with Gasteiger partial charge in [0.15, 0.2) is 0 Å². The second-order valence-electron chi connectivity index (χ2n) is 7.45. The van der Waals surface area contributed by atoms with Gasteiger partial charge in [0, 0.05) is 12.2 Å². The van der Waals surface area contributed by atoms with Crippen molar-refractivity contribution < 1.29 is 14.3 Å². The molecular weight excluding hydrogens is 422 g/mol. The van der Waals surface area contributed by atoms with E-state index in [0.717, 1.165) is 28.1 Å². The minimum atomic E-state index is -0.367. The van der Waals surface area contributed by atoms with Crippen LogP contribution >= 0.6 is 0 Å². The number of carbonyl (C=O) groups excluding carboxylic acids is 1. The van der Waals surface area contributed by atoms with E-state index in [2.05, 4.69) is 12.1 Å². The van der Waals surface area contributed by atoms with Gasteiger partial charge in [-0.1, -0.05) is 78.9 Å². The van der Waals surface area contributed by atoms with Crippen LogP contribution in [0.25, 0.3) is 11.6 Å². The lowest BCUT2D eigenvalue weighted by Crippen LogP contribution is -2.28. The molecule has 3 rings (SSSR count). The summed E-state index contributed by atoms with van der Waals surface area (Å²) < 4.78 is 10.7. The van der Waals surface area contributed by atoms with E-state index in [1.54, 1.807) is 7.11 Å². The van der Waals surface area contributed by atoms with Crippen LogP contribution in [-0.2, 0) is 9.53 Å². The number of esters is 1. The van der Waals surface area contributed by atoms with Gasteiger partial charge >= 0.3 is 5.97 Å². The van der Waals surface area contributed by atoms with Crippen LogP contribution in [0.4, 0.5) is 5.69 Å². The molecule has 0 N–H and O–H groups in total. The van der Waals surface area contributed by atoms with Crippen molar-refractivity contribution in [2.24, 2.45) is 0 Å². The maximum Gasteiger partial charge on any atom is 0.354 e. The Bertz CT molecular complexity index is 1130. The molecule has 0 heterocycles. The number of hydrogen-bond acceptors (Lipinski definition) is 4. The van der Waals surface area contributed by atoms with Crippen molar-refractivity contribution in [1.29, 1.82) is 0 Å². The van der Waals surface area contributed by atoms with E-state index in [9.17, 15) is 4.79 Å². The van der Waals surface area contributed by atoms with Crippen molar-refractivity contribution in [3.8, 4) is 5.75 Å². The Hall–Kier alpha value is -4.05. The Morgan fingerprint density at radius 1 is 0.882 bits per heavy atom. The first-order valence-electron chi connectivity index (χ1n) is 11.5. The van der Waals surface area contributed by atoms with Crippen LogP contribution in [0.2, 0.25) is 0 Å². The summed E-state index contributed by atoms with van der Waals surface area (Å²) in [6, 6.07) is 27.8. The summed E-state index contributed by atoms with van der Waals surface area (Å²) in [6.45, 7) is 4.72. The van der Waals surface area contributed by atoms with Crippen molar-refractivity contribution in [1.82, 2.24) is 0 Å². The zero-order valence-corrected chi connectivity index (χ0v) is 20.0. The lowest BCUT2D eigenvalue weighted by Gasteiger charge is -2.25. The molecule has 0 saturated heterocycles. The molecule has 0 spiro atoms. The fourth-order valence-corrected chi connectivity index (χ4v) is 3.54. The Morgan fingerprint density at radius 3 is 2.12 bits per heavy atom. The van der Waals surface area contributed by atoms with Crippen molar-refractivity contribution in [3.63, 3.8) is 0 Å². The van der Waals surface area contributed by atoms with Gasteiger partial charge in [0.2, 0.25) is 0 Å². The van der Waals surface area contributed by atoms with Crippen molar-refractivity contribution in [3.05, 3.63) is 120 Å². The van der Waals surface area contributed by atoms with Gasteiger partial charge in [-0.2, -0.15) is 0 Å². The van der Waals surface area contributed by atoms with Crippen molar-refractivity contribution >= 4 is 23.3 Å². The van der Waals surface area contributed by atoms with Crippen LogP contribution in [0.3, 0.4) is 0 Å². The number of benzene rings is 3. The summed E-state index contributed by atoms with van der Waals surface area (Å²) in [6.07, 6.45) is 7.96. The van der Waals surface area contributed by atoms with E-state index in [0.29, 0.717) is 18.8 Å². The van der Waals surface area contributed by atoms with Crippen LogP contribution < -0.4 is 9.64 Å². The largest absolute Gasteiger partial charge is 0.497 e. The van der Waals surface area contributed by atoms with Gasteiger partial charge in [-0.25, -0.2) is 4.79 Å². The minimum Gasteiger partial charge on any atom is -0.497 e. The van der Waals surface area contributed by atoms with Gasteiger partial charge < -0.3 is 14.4 Å². The number of rotatable bonds is 10. The quantitative estimate of drug-likeness (QED) is 0.193. The number of ether oxygens (including phenoxy) is 2. The van der Waals surface area contributed by atoms with E-state index in [1.165, 1.54) is 0 Å². The summed E-state index contributed by atoms with van der Waals surface area (Å²) in [5.74, 6) is 0.395. The predicted molar refractivity (Wildman–Crippen MR) is 141 cm³/mol. The summed E-state index contributed by atoms with van der Waals surface area (Å²) in [5, 5.41) is 0. The molecule has 3 aromatic carbocycles. The Balaban J connectivity index is 2.08. The van der Waals surface area contributed by atoms with E-state index >= 15 is 0 Å². The van der Waals surface area contributed by atoms with Gasteiger partial charge in [-0.15, -0.1) is 0 Å². The molecule has 4 heteroatoms. The van der Waals surface area contributed by atoms with Gasteiger partial charge in [0.05, 0.1) is 13.7 Å². The monoisotopic (exact) mass is 453 g/mol. The van der Waals surface area contributed by atoms with Crippen molar-refractivity contribution in [2.45, 2.75) is 13.8 Å². The standard InChI is InChI=1S/C30H31NO3/c1-4-31(27-19-21-28(33-3)22-20-27)29(30(32)34-5-2)23-26(25-16-10-7-11-17-25)18-12-15-24-13-8-6-9-14-24/h6-23H,4-5H2,1-3H3/b15-12+,26-18-,29-23-. The number of allylic oxidation sites excluding steroid dienone is 4. The normalized spacial score (nSPS) is 12.0. The third kappa shape index (κ3) is 6.72. The topological polar surface area (TPSA) is 38.8 Å². The maximum atomic E-state index is 13.1. The Labute approximate surface area is 202 Å². The van der Waals surface area contributed by atoms with Gasteiger partial charge in [-0.3, -0.25) is 0 Å². The molecule has 3 aromatic rings. The molecule has 174 valence electrons. The molecule has 0 aromatic heterocycles. The molecular formula is C30H31NO3. The molecule has 0 fully saturated rings. The van der Waals surface area contributed by atoms with Crippen LogP contribution in [-0.4, -0.2) is 26.2 Å². The van der Waals surface area contributed by atoms with Crippen LogP contribution in [0, 0.1) is 0 Å². The SMILES string of the molecule is CCOC(=O)/C(=C/C(=C/C=C/c1ccccc1)c1ccccc1)N(CC)c1ccc(OC)cc1. The van der Waals surface area contributed by atoms with E-state index < -0.39 is 0 Å². The zero-order chi connectivity index (χ0) is 24.2. The average molecular weight is 454 g/mol. The molecule has 0 unspecified atom stereocenters. The molecule has 0 atom stereocenters. The molecule has 0 aliphatic rings. The molecule has 0 amide bonds. The van der Waals surface area contributed by atoms with E-state index in [4.69, 9.17) is 9.47 Å². The molecule has 4 nitrogen and oxygen atoms in total. The fourth-order valence-electron chi connectivity index (χ4n) is 3.54. The van der Waals surface area contributed by atoms with E-state index in [-0.39, 0.29) is 5.97 Å². The number of methoxy groups -OCH3 is 1. The third-order valence-corrected chi connectivity index (χ3v) is 5.24. The molecule has 34 heavy (non-hydrogen) atoms. The summed E-state index contributed by atoms with van der Waals surface area (Å²) in [5.41, 5.74) is 4.37. The van der Waals surface area contributed by atoms with E-state index in [1.807, 2.05) is 116 Å². The second-order valence-corrected chi connectivity index (χ2v) is 7.45. The number of anilines is 1. The van der Waals surface area contributed by atoms with Crippen LogP contribution in [0.5, 0.6) is 5.75 Å². The zero-order valence-electron chi connectivity index (χ0n) is 20.0. The molecule has 0 aliphatic heterocycles. The smallest absolute Gasteiger partial charge is 0.354 e. The van der Waals surface area contributed by atoms with Gasteiger partial charge in [-0.05, 0) is 60.9 Å². The van der Waals surface area contributed by atoms with Crippen LogP contribution in [0.15, 0.2) is 109 Å². The summed E-state index contributed by atoms with van der Waals surface area (Å²) >= 11 is 0. The predicted octanol–water partition coefficient (Wildman–Crippen LogP) is 6.77. The number of hydrogen-bond donors (Lipinski definition) is 0. The Morgan fingerprint density at radius 2 is 1.53 bits per heavy atom. The number of nitrogens with zero attached hydrogens (tertiary/aromatic N) is 1. The molecule has 0 bridgehead atoms. The molecule has 0 radical (unpaired) electrons. The first kappa shape index (κ1) is 24.6. The van der Waals surface area contributed by atoms with Gasteiger partial charge in [0.25, 0.3) is 0 Å². The first-order valence-corrected chi connectivity index (χ1v) is 11.5. The lowest BCUT2D eigenvalue weighted by atomic mass is 10.0. The summed E-state index contributed by atoms with van der Waals surface area (Å²) in [4.78, 5) is 15.1. The third-order valence-electron chi connectivity index (χ3n) is 5.24. The highest BCUT2D eigenvalue weighted by atomic mass is 16.5. The minimum absolute atomic E-state index is 0.300. The number of carbonyl (C=O) groups is 1. The highest BCUT2D eigenvalue weighted by molar-refractivity contribution is 5.96. The molecule has 0 saturated carbocycles. The van der Waals surface area contributed by atoms with Gasteiger partial charge in [0.1, 0.15) is 11.4 Å². The fraction of sp³-hybridized carbons (Fsp3) is 0.167. The average Bonchev–Trinajstić information content (AvgIpc) is 2.89.